The van der Waals surface area contributed by atoms with E-state index in [1.54, 1.807) is 98.8 Å². The molecule has 0 saturated heterocycles. The number of ether oxygens (including phenoxy) is 4. The predicted molar refractivity (Wildman–Crippen MR) is 273 cm³/mol. The Hall–Kier alpha value is -7.04. The highest BCUT2D eigenvalue weighted by atomic mass is 32.2. The number of rotatable bonds is 21. The molecule has 0 fully saturated rings. The Kier molecular flexibility index (Phi) is 18.5. The first-order valence-corrected chi connectivity index (χ1v) is 25.7. The molecule has 70 heavy (non-hydrogen) atoms. The van der Waals surface area contributed by atoms with Crippen LogP contribution in [0.5, 0.6) is 23.0 Å². The van der Waals surface area contributed by atoms with E-state index in [2.05, 4.69) is 23.3 Å². The van der Waals surface area contributed by atoms with Crippen molar-refractivity contribution in [2.45, 2.75) is 89.9 Å². The molecular weight excluding hydrogens is 933 g/mol. The Bertz CT molecular complexity index is 2940. The zero-order valence-corrected chi connectivity index (χ0v) is 42.5. The van der Waals surface area contributed by atoms with Crippen LogP contribution < -0.4 is 28.4 Å². The van der Waals surface area contributed by atoms with Crippen molar-refractivity contribution in [3.8, 4) is 23.0 Å². The molecule has 0 heterocycles. The van der Waals surface area contributed by atoms with Crippen molar-refractivity contribution in [3.05, 3.63) is 166 Å². The van der Waals surface area contributed by atoms with Gasteiger partial charge in [0, 0.05) is 11.4 Å². The summed E-state index contributed by atoms with van der Waals surface area (Å²) in [7, 11) is -7.57. The molecular formula is C54H62N2O12S2. The number of para-hydroxylation sites is 2. The molecule has 0 unspecified atom stereocenters. The van der Waals surface area contributed by atoms with Crippen molar-refractivity contribution in [1.82, 2.24) is 0 Å². The van der Waals surface area contributed by atoms with Crippen molar-refractivity contribution >= 4 is 43.4 Å². The number of hydrogen-bond donors (Lipinski definition) is 4. The summed E-state index contributed by atoms with van der Waals surface area (Å²) in [4.78, 5) is 23.1. The largest absolute Gasteiger partial charge is 0.490 e. The van der Waals surface area contributed by atoms with Crippen LogP contribution in [0.4, 0.5) is 11.4 Å². The third-order valence-electron chi connectivity index (χ3n) is 10.9. The van der Waals surface area contributed by atoms with Gasteiger partial charge >= 0.3 is 11.9 Å². The Labute approximate surface area is 411 Å². The Morgan fingerprint density at radius 1 is 0.486 bits per heavy atom. The SMILES string of the molecule is CC(C)c1cc(C(C)C)c(S(=O)(=O)Nc2ccc(OCCOc3ccccc3C(=O)O)cc2)c(C(C)C)c1.Cc1cc(C)c(S(=O)(=O)Nc2ccc(OCCOc3ccccc3C(=O)O)cc2)c(C)c1. The molecule has 16 heteroatoms. The van der Waals surface area contributed by atoms with Crippen LogP contribution in [0.1, 0.15) is 113 Å². The van der Waals surface area contributed by atoms with Crippen molar-refractivity contribution in [1.29, 1.82) is 0 Å². The zero-order valence-electron chi connectivity index (χ0n) is 40.9. The third kappa shape index (κ3) is 14.5. The number of aromatic carboxylic acids is 2. The number of nitrogens with one attached hydrogen (secondary N) is 2. The topological polar surface area (TPSA) is 204 Å². The van der Waals surface area contributed by atoms with Gasteiger partial charge in [-0.3, -0.25) is 9.44 Å². The van der Waals surface area contributed by atoms with Crippen LogP contribution in [0, 0.1) is 20.8 Å². The summed E-state index contributed by atoms with van der Waals surface area (Å²) in [6.45, 7) is 18.5. The van der Waals surface area contributed by atoms with Crippen molar-refractivity contribution in [2.24, 2.45) is 0 Å². The smallest absolute Gasteiger partial charge is 0.339 e. The maximum atomic E-state index is 13.6. The van der Waals surface area contributed by atoms with Gasteiger partial charge in [-0.1, -0.05) is 95.6 Å². The normalized spacial score (nSPS) is 11.4. The van der Waals surface area contributed by atoms with Gasteiger partial charge in [0.1, 0.15) is 60.6 Å². The second-order valence-corrected chi connectivity index (χ2v) is 20.7. The molecule has 0 aromatic heterocycles. The molecule has 0 saturated carbocycles. The minimum Gasteiger partial charge on any atom is -0.490 e. The monoisotopic (exact) mass is 994 g/mol. The Morgan fingerprint density at radius 3 is 1.20 bits per heavy atom. The van der Waals surface area contributed by atoms with Crippen molar-refractivity contribution in [2.75, 3.05) is 35.9 Å². The van der Waals surface area contributed by atoms with Crippen LogP contribution in [0.3, 0.4) is 0 Å². The van der Waals surface area contributed by atoms with Gasteiger partial charge in [0.25, 0.3) is 20.0 Å². The first-order valence-electron chi connectivity index (χ1n) is 22.7. The van der Waals surface area contributed by atoms with Gasteiger partial charge < -0.3 is 29.2 Å². The number of hydrogen-bond acceptors (Lipinski definition) is 10. The van der Waals surface area contributed by atoms with Crippen molar-refractivity contribution < 1.29 is 55.6 Å². The van der Waals surface area contributed by atoms with E-state index in [0.717, 1.165) is 22.3 Å². The molecule has 0 radical (unpaired) electrons. The molecule has 6 rings (SSSR count). The number of carbonyl (C=O) groups is 2. The maximum absolute atomic E-state index is 13.6. The molecule has 6 aromatic rings. The van der Waals surface area contributed by atoms with Gasteiger partial charge in [0.05, 0.1) is 9.79 Å². The fourth-order valence-electron chi connectivity index (χ4n) is 7.60. The summed E-state index contributed by atoms with van der Waals surface area (Å²) < 4.78 is 80.7. The van der Waals surface area contributed by atoms with Gasteiger partial charge in [-0.05, 0) is 139 Å². The van der Waals surface area contributed by atoms with Gasteiger partial charge in [-0.15, -0.1) is 0 Å². The van der Waals surface area contributed by atoms with Crippen LogP contribution in [-0.4, -0.2) is 65.4 Å². The second kappa shape index (κ2) is 24.0. The first-order chi connectivity index (χ1) is 33.1. The van der Waals surface area contributed by atoms with E-state index in [9.17, 15) is 31.5 Å². The highest BCUT2D eigenvalue weighted by molar-refractivity contribution is 7.93. The number of benzene rings is 6. The molecule has 0 aliphatic heterocycles. The van der Waals surface area contributed by atoms with Crippen LogP contribution in [0.2, 0.25) is 0 Å². The fraction of sp³-hybridized carbons (Fsp3) is 0.296. The average Bonchev–Trinajstić information content (AvgIpc) is 3.29. The first kappa shape index (κ1) is 53.9. The highest BCUT2D eigenvalue weighted by Gasteiger charge is 2.27. The summed E-state index contributed by atoms with van der Waals surface area (Å²) in [6.07, 6.45) is 0. The molecule has 0 bridgehead atoms. The average molecular weight is 995 g/mol. The lowest BCUT2D eigenvalue weighted by Gasteiger charge is -2.23. The summed E-state index contributed by atoms with van der Waals surface area (Å²) in [5.41, 5.74) is 6.19. The van der Waals surface area contributed by atoms with E-state index in [-0.39, 0.29) is 65.8 Å². The summed E-state index contributed by atoms with van der Waals surface area (Å²) in [6, 6.07) is 33.7. The van der Waals surface area contributed by atoms with Gasteiger partial charge in [-0.25, -0.2) is 26.4 Å². The van der Waals surface area contributed by atoms with Crippen LogP contribution in [0.15, 0.2) is 131 Å². The van der Waals surface area contributed by atoms with Gasteiger partial charge in [0.15, 0.2) is 0 Å². The lowest BCUT2D eigenvalue weighted by molar-refractivity contribution is 0.0680. The highest BCUT2D eigenvalue weighted by Crippen LogP contribution is 2.36. The minimum atomic E-state index is -3.84. The number of anilines is 2. The van der Waals surface area contributed by atoms with E-state index in [1.165, 1.54) is 12.1 Å². The van der Waals surface area contributed by atoms with Crippen LogP contribution >= 0.6 is 0 Å². The minimum absolute atomic E-state index is 0.0400. The fourth-order valence-corrected chi connectivity index (χ4v) is 10.9. The summed E-state index contributed by atoms with van der Waals surface area (Å²) in [5.74, 6) is -0.129. The predicted octanol–water partition coefficient (Wildman–Crippen LogP) is 11.6. The molecule has 0 aliphatic carbocycles. The second-order valence-electron chi connectivity index (χ2n) is 17.5. The summed E-state index contributed by atoms with van der Waals surface area (Å²) in [5, 5.41) is 18.4. The van der Waals surface area contributed by atoms with E-state index in [4.69, 9.17) is 24.1 Å². The lowest BCUT2D eigenvalue weighted by Crippen LogP contribution is -2.19. The van der Waals surface area contributed by atoms with E-state index in [1.807, 2.05) is 58.9 Å². The number of carboxylic acid groups (broad SMARTS) is 2. The van der Waals surface area contributed by atoms with Gasteiger partial charge in [0.2, 0.25) is 0 Å². The van der Waals surface area contributed by atoms with Crippen molar-refractivity contribution in [3.63, 3.8) is 0 Å². The standard InChI is InChI=1S/C30H37NO6S.C24H25NO6S/c1-19(2)22-17-26(20(3)4)29(27(18-22)21(5)6)38(34,35)31-23-11-13-24(14-12-23)36-15-16-37-28-10-8-7-9-25(28)30(32)33;1-16-14-17(2)23(18(3)15-16)32(28,29)25-19-8-10-20(11-9-19)30-12-13-31-22-7-5-4-6-21(22)24(26)27/h7-14,17-21,31H,15-16H2,1-6H3,(H,32,33);4-11,14-15,25H,12-13H2,1-3H3,(H,26,27). The molecule has 14 nitrogen and oxygen atoms in total. The number of sulfonamides is 2. The molecule has 372 valence electrons. The van der Waals surface area contributed by atoms with E-state index >= 15 is 0 Å². The molecule has 0 aliphatic rings. The Morgan fingerprint density at radius 2 is 0.843 bits per heavy atom. The summed E-state index contributed by atoms with van der Waals surface area (Å²) >= 11 is 0. The van der Waals surface area contributed by atoms with E-state index < -0.39 is 32.0 Å². The molecule has 0 amide bonds. The van der Waals surface area contributed by atoms with E-state index in [0.29, 0.717) is 44.8 Å². The quantitative estimate of drug-likeness (QED) is 0.0498. The number of carboxylic acids is 2. The van der Waals surface area contributed by atoms with Gasteiger partial charge in [-0.2, -0.15) is 0 Å². The molecule has 0 spiro atoms. The third-order valence-corrected chi connectivity index (χ3v) is 14.1. The van der Waals surface area contributed by atoms with Crippen LogP contribution in [0.25, 0.3) is 0 Å². The number of aryl methyl sites for hydroxylation is 3. The molecule has 0 atom stereocenters. The molecule has 6 aromatic carbocycles. The van der Waals surface area contributed by atoms with Crippen LogP contribution in [-0.2, 0) is 20.0 Å². The molecule has 4 N–H and O–H groups in total. The maximum Gasteiger partial charge on any atom is 0.339 e. The lowest BCUT2D eigenvalue weighted by atomic mass is 9.89. The Balaban J connectivity index is 0.000000265. The zero-order chi connectivity index (χ0) is 51.3.